The quantitative estimate of drug-likeness (QED) is 0.683. The van der Waals surface area contributed by atoms with Crippen LogP contribution in [0.5, 0.6) is 0 Å². The second kappa shape index (κ2) is 11.8. The van der Waals surface area contributed by atoms with Crippen LogP contribution < -0.4 is 0 Å². The molecule has 2 aliphatic rings. The van der Waals surface area contributed by atoms with Gasteiger partial charge in [-0.15, -0.1) is 0 Å². The molecule has 1 N–H and O–H groups in total. The van der Waals surface area contributed by atoms with Crippen molar-refractivity contribution >= 4 is 11.9 Å². The summed E-state index contributed by atoms with van der Waals surface area (Å²) in [6.07, 6.45) is -2.97. The molecule has 2 saturated heterocycles. The van der Waals surface area contributed by atoms with Crippen LogP contribution in [0.15, 0.2) is 24.3 Å². The topological polar surface area (TPSA) is 79.3 Å². The lowest BCUT2D eigenvalue weighted by Gasteiger charge is -2.42. The number of hydrogen-bond donors (Lipinski definition) is 1. The predicted molar refractivity (Wildman–Crippen MR) is 116 cm³/mol. The van der Waals surface area contributed by atoms with Crippen molar-refractivity contribution in [2.75, 3.05) is 60.2 Å². The van der Waals surface area contributed by atoms with Gasteiger partial charge in [0, 0.05) is 58.4 Å². The molecule has 0 aliphatic carbocycles. The van der Waals surface area contributed by atoms with Crippen molar-refractivity contribution in [2.24, 2.45) is 11.3 Å². The first kappa shape index (κ1) is 27.1. The maximum absolute atomic E-state index is 12.8. The molecule has 3 rings (SSSR count). The van der Waals surface area contributed by atoms with E-state index in [-0.39, 0.29) is 11.3 Å². The van der Waals surface area contributed by atoms with Crippen molar-refractivity contribution in [2.45, 2.75) is 25.9 Å². The fourth-order valence-electron chi connectivity index (χ4n) is 4.57. The number of carbonyl (C=O) groups is 2. The number of hydrogen-bond acceptors (Lipinski definition) is 5. The molecule has 1 aromatic carbocycles. The molecule has 0 saturated carbocycles. The van der Waals surface area contributed by atoms with Gasteiger partial charge < -0.3 is 24.4 Å². The van der Waals surface area contributed by atoms with Gasteiger partial charge in [0.05, 0.1) is 13.2 Å². The molecule has 1 atom stereocenters. The first-order valence-corrected chi connectivity index (χ1v) is 10.9. The molecule has 0 radical (unpaired) electrons. The number of carbonyl (C=O) groups excluding carboxylic acids is 1. The summed E-state index contributed by atoms with van der Waals surface area (Å²) in [6, 6.07) is 7.91. The van der Waals surface area contributed by atoms with Crippen molar-refractivity contribution in [1.29, 1.82) is 0 Å². The van der Waals surface area contributed by atoms with Crippen LogP contribution in [0.2, 0.25) is 0 Å². The van der Waals surface area contributed by atoms with Gasteiger partial charge in [0.25, 0.3) is 5.91 Å². The Labute approximate surface area is 192 Å². The Morgan fingerprint density at radius 1 is 1.12 bits per heavy atom. The molecular weight excluding hydrogens is 441 g/mol. The van der Waals surface area contributed by atoms with E-state index in [9.17, 15) is 18.0 Å². The number of alkyl halides is 3. The van der Waals surface area contributed by atoms with Crippen LogP contribution >= 0.6 is 0 Å². The number of carboxylic acids is 1. The lowest BCUT2D eigenvalue weighted by molar-refractivity contribution is -0.192. The molecule has 1 spiro atoms. The standard InChI is InChI=1S/C21H32N2O3.C2HF3O2/c1-17-4-6-18(7-5-17)20(24)23-10-8-21(9-11-23)16-22(12-13-25-2)14-19(21)15-26-3;3-2(4,5)1(6)7/h4-7,19H,8-16H2,1-3H3;(H,6,7). The van der Waals surface area contributed by atoms with Gasteiger partial charge in [-0.3, -0.25) is 4.79 Å². The SMILES string of the molecule is COCCN1CC(COC)C2(CCN(C(=O)c3ccc(C)cc3)CC2)C1.O=C(O)C(F)(F)F. The predicted octanol–water partition coefficient (Wildman–Crippen LogP) is 3.08. The van der Waals surface area contributed by atoms with E-state index in [1.165, 1.54) is 5.56 Å². The summed E-state index contributed by atoms with van der Waals surface area (Å²) in [6.45, 7) is 8.44. The number of amides is 1. The Morgan fingerprint density at radius 3 is 2.18 bits per heavy atom. The van der Waals surface area contributed by atoms with Crippen molar-refractivity contribution in [1.82, 2.24) is 9.80 Å². The summed E-state index contributed by atoms with van der Waals surface area (Å²) < 4.78 is 42.5. The number of likely N-dealkylation sites (tertiary alicyclic amines) is 2. The zero-order chi connectivity index (χ0) is 24.6. The lowest BCUT2D eigenvalue weighted by Crippen LogP contribution is -2.47. The third kappa shape index (κ3) is 7.41. The molecule has 2 fully saturated rings. The number of aryl methyl sites for hydroxylation is 1. The fraction of sp³-hybridized carbons (Fsp3) is 0.652. The molecule has 1 unspecified atom stereocenters. The molecule has 2 aliphatic heterocycles. The van der Waals surface area contributed by atoms with Gasteiger partial charge >= 0.3 is 12.1 Å². The van der Waals surface area contributed by atoms with Crippen molar-refractivity contribution in [3.8, 4) is 0 Å². The number of halogens is 3. The monoisotopic (exact) mass is 474 g/mol. The van der Waals surface area contributed by atoms with Crippen LogP contribution in [0.25, 0.3) is 0 Å². The third-order valence-corrected chi connectivity index (χ3v) is 6.45. The lowest BCUT2D eigenvalue weighted by atomic mass is 9.71. The Morgan fingerprint density at radius 2 is 1.70 bits per heavy atom. The van der Waals surface area contributed by atoms with Gasteiger partial charge in [0.15, 0.2) is 0 Å². The fourth-order valence-corrected chi connectivity index (χ4v) is 4.57. The van der Waals surface area contributed by atoms with E-state index in [0.717, 1.165) is 64.3 Å². The van der Waals surface area contributed by atoms with Crippen LogP contribution in [-0.2, 0) is 14.3 Å². The molecular formula is C23H33F3N2O5. The van der Waals surface area contributed by atoms with Crippen molar-refractivity contribution in [3.05, 3.63) is 35.4 Å². The van der Waals surface area contributed by atoms with Crippen LogP contribution in [0.1, 0.15) is 28.8 Å². The average molecular weight is 475 g/mol. The minimum absolute atomic E-state index is 0.164. The highest BCUT2D eigenvalue weighted by molar-refractivity contribution is 5.94. The summed E-state index contributed by atoms with van der Waals surface area (Å²) in [5.74, 6) is -2.05. The van der Waals surface area contributed by atoms with Gasteiger partial charge in [-0.25, -0.2) is 4.79 Å². The number of methoxy groups -OCH3 is 2. The average Bonchev–Trinajstić information content (AvgIpc) is 3.09. The van der Waals surface area contributed by atoms with Crippen LogP contribution in [-0.4, -0.2) is 93.1 Å². The Bertz CT molecular complexity index is 777. The summed E-state index contributed by atoms with van der Waals surface area (Å²) in [7, 11) is 3.55. The summed E-state index contributed by atoms with van der Waals surface area (Å²) in [5.41, 5.74) is 2.25. The van der Waals surface area contributed by atoms with Gasteiger partial charge in [-0.2, -0.15) is 13.2 Å². The number of ether oxygens (including phenoxy) is 2. The van der Waals surface area contributed by atoms with E-state index in [1.54, 1.807) is 14.2 Å². The highest BCUT2D eigenvalue weighted by Gasteiger charge is 2.48. The van der Waals surface area contributed by atoms with Crippen LogP contribution in [0.3, 0.4) is 0 Å². The van der Waals surface area contributed by atoms with Crippen molar-refractivity contribution in [3.63, 3.8) is 0 Å². The van der Waals surface area contributed by atoms with Crippen molar-refractivity contribution < 1.29 is 37.3 Å². The maximum atomic E-state index is 12.8. The second-order valence-electron chi connectivity index (χ2n) is 8.70. The minimum Gasteiger partial charge on any atom is -0.475 e. The number of benzene rings is 1. The highest BCUT2D eigenvalue weighted by Crippen LogP contribution is 2.45. The summed E-state index contributed by atoms with van der Waals surface area (Å²) >= 11 is 0. The third-order valence-electron chi connectivity index (χ3n) is 6.45. The van der Waals surface area contributed by atoms with Gasteiger partial charge in [0.2, 0.25) is 0 Å². The van der Waals surface area contributed by atoms with Crippen LogP contribution in [0, 0.1) is 18.3 Å². The molecule has 0 bridgehead atoms. The van der Waals surface area contributed by atoms with E-state index in [2.05, 4.69) is 4.90 Å². The van der Waals surface area contributed by atoms with E-state index in [1.807, 2.05) is 36.1 Å². The van der Waals surface area contributed by atoms with Gasteiger partial charge in [0.1, 0.15) is 0 Å². The van der Waals surface area contributed by atoms with E-state index < -0.39 is 12.1 Å². The minimum atomic E-state index is -5.08. The molecule has 1 aromatic rings. The zero-order valence-corrected chi connectivity index (χ0v) is 19.4. The first-order valence-electron chi connectivity index (χ1n) is 10.9. The smallest absolute Gasteiger partial charge is 0.475 e. The number of nitrogens with zero attached hydrogens (tertiary/aromatic N) is 2. The normalized spacial score (nSPS) is 20.4. The Balaban J connectivity index is 0.000000479. The first-order chi connectivity index (χ1) is 15.5. The molecule has 7 nitrogen and oxygen atoms in total. The summed E-state index contributed by atoms with van der Waals surface area (Å²) in [5, 5.41) is 7.12. The molecule has 33 heavy (non-hydrogen) atoms. The zero-order valence-electron chi connectivity index (χ0n) is 19.4. The van der Waals surface area contributed by atoms with Gasteiger partial charge in [-0.05, 0) is 37.3 Å². The second-order valence-corrected chi connectivity index (χ2v) is 8.70. The Hall–Kier alpha value is -2.17. The van der Waals surface area contributed by atoms with Gasteiger partial charge in [-0.1, -0.05) is 17.7 Å². The molecule has 2 heterocycles. The van der Waals surface area contributed by atoms with Crippen LogP contribution in [0.4, 0.5) is 13.2 Å². The molecule has 0 aromatic heterocycles. The molecule has 1 amide bonds. The number of rotatable bonds is 6. The largest absolute Gasteiger partial charge is 0.490 e. The van der Waals surface area contributed by atoms with E-state index in [4.69, 9.17) is 19.4 Å². The highest BCUT2D eigenvalue weighted by atomic mass is 19.4. The summed E-state index contributed by atoms with van der Waals surface area (Å²) in [4.78, 5) is 26.2. The van der Waals surface area contributed by atoms with E-state index in [0.29, 0.717) is 5.92 Å². The Kier molecular flexibility index (Phi) is 9.69. The molecule has 10 heteroatoms. The van der Waals surface area contributed by atoms with E-state index >= 15 is 0 Å². The number of carboxylic acid groups (broad SMARTS) is 1. The number of piperidine rings is 1. The number of aliphatic carboxylic acids is 1. The maximum Gasteiger partial charge on any atom is 0.490 e. The molecule has 186 valence electrons.